The van der Waals surface area contributed by atoms with Gasteiger partial charge in [0, 0.05) is 31.4 Å². The molecule has 0 saturated heterocycles. The van der Waals surface area contributed by atoms with E-state index >= 15 is 0 Å². The first-order chi connectivity index (χ1) is 13.8. The van der Waals surface area contributed by atoms with Crippen LogP contribution < -0.4 is 0 Å². The summed E-state index contributed by atoms with van der Waals surface area (Å²) in [5, 5.41) is 0. The molecule has 0 aromatic heterocycles. The van der Waals surface area contributed by atoms with E-state index < -0.39 is 22.1 Å². The van der Waals surface area contributed by atoms with E-state index in [2.05, 4.69) is 4.40 Å². The second kappa shape index (κ2) is 8.60. The van der Waals surface area contributed by atoms with Crippen molar-refractivity contribution in [2.45, 2.75) is 20.0 Å². The van der Waals surface area contributed by atoms with Crippen LogP contribution in [0.3, 0.4) is 0 Å². The number of carbonyl (C=O) groups excluding carboxylic acids is 2. The van der Waals surface area contributed by atoms with Gasteiger partial charge in [0.2, 0.25) is 6.10 Å². The fourth-order valence-corrected chi connectivity index (χ4v) is 4.06. The normalized spacial score (nSPS) is 18.2. The quantitative estimate of drug-likeness (QED) is 0.653. The predicted molar refractivity (Wildman–Crippen MR) is 108 cm³/mol. The molecule has 154 valence electrons. The highest BCUT2D eigenvalue weighted by molar-refractivity contribution is 7.90. The number of amidine groups is 1. The summed E-state index contributed by atoms with van der Waals surface area (Å²) in [4.78, 5) is 28.9. The second-order valence-corrected chi connectivity index (χ2v) is 8.31. The molecule has 2 aliphatic heterocycles. The molecular weight excluding hydrogens is 394 g/mol. The van der Waals surface area contributed by atoms with Gasteiger partial charge in [-0.3, -0.25) is 4.79 Å². The van der Waals surface area contributed by atoms with Crippen LogP contribution in [0.25, 0.3) is 0 Å². The molecule has 1 unspecified atom stereocenters. The summed E-state index contributed by atoms with van der Waals surface area (Å²) in [6.45, 7) is 4.93. The van der Waals surface area contributed by atoms with Crippen LogP contribution >= 0.6 is 0 Å². The Bertz CT molecular complexity index is 979. The zero-order valence-corrected chi connectivity index (χ0v) is 17.1. The number of likely N-dealkylation sites (N-methyl/N-ethyl adjacent to an activating group) is 1. The summed E-state index contributed by atoms with van der Waals surface area (Å²) in [6.07, 6.45) is 3.34. The molecule has 29 heavy (non-hydrogen) atoms. The lowest BCUT2D eigenvalue weighted by atomic mass is 10.1. The number of esters is 1. The largest absolute Gasteiger partial charge is 0.444 e. The molecule has 1 aromatic carbocycles. The number of nitrogens with zero attached hydrogens (tertiary/aromatic N) is 3. The van der Waals surface area contributed by atoms with Crippen molar-refractivity contribution in [2.24, 2.45) is 4.40 Å². The molecule has 1 amide bonds. The van der Waals surface area contributed by atoms with Gasteiger partial charge in [0.15, 0.2) is 0 Å². The van der Waals surface area contributed by atoms with Gasteiger partial charge in [-0.25, -0.2) is 13.2 Å². The van der Waals surface area contributed by atoms with E-state index in [1.807, 2.05) is 19.9 Å². The maximum atomic E-state index is 12.9. The number of amides is 1. The first-order valence-electron chi connectivity index (χ1n) is 9.38. The summed E-state index contributed by atoms with van der Waals surface area (Å²) < 4.78 is 32.5. The van der Waals surface area contributed by atoms with Crippen LogP contribution in [0.4, 0.5) is 0 Å². The molecule has 1 atom stereocenters. The summed E-state index contributed by atoms with van der Waals surface area (Å²) in [5.41, 5.74) is 0.806. The van der Waals surface area contributed by atoms with Crippen LogP contribution in [0.5, 0.6) is 0 Å². The average molecular weight is 417 g/mol. The van der Waals surface area contributed by atoms with Crippen molar-refractivity contribution in [2.75, 3.05) is 25.4 Å². The smallest absolute Gasteiger partial charge is 0.340 e. The third-order valence-electron chi connectivity index (χ3n) is 4.69. The Labute approximate surface area is 170 Å². The molecule has 3 rings (SSSR count). The fourth-order valence-electron chi connectivity index (χ4n) is 3.09. The monoisotopic (exact) mass is 417 g/mol. The molecule has 0 N–H and O–H groups in total. The standard InChI is InChI=1S/C20H23N3O5S/c1-3-22(4-2)19(24)18(15-8-6-5-7-9-15)28-20(25)16-10-11-17-21-29(26,27)13-12-23(17)14-16/h5-11,14,18H,3-4,12-13H2,1-2H3. The molecule has 2 aliphatic rings. The highest BCUT2D eigenvalue weighted by Gasteiger charge is 2.31. The van der Waals surface area contributed by atoms with E-state index in [0.717, 1.165) is 0 Å². The predicted octanol–water partition coefficient (Wildman–Crippen LogP) is 1.64. The van der Waals surface area contributed by atoms with Crippen LogP contribution in [-0.4, -0.2) is 61.3 Å². The van der Waals surface area contributed by atoms with Gasteiger partial charge in [0.1, 0.15) is 5.84 Å². The first-order valence-corrected chi connectivity index (χ1v) is 11.0. The van der Waals surface area contributed by atoms with E-state index in [0.29, 0.717) is 18.7 Å². The van der Waals surface area contributed by atoms with Gasteiger partial charge >= 0.3 is 5.97 Å². The topological polar surface area (TPSA) is 96.4 Å². The Morgan fingerprint density at radius 3 is 2.52 bits per heavy atom. The SMILES string of the molecule is CCN(CC)C(=O)C(OC(=O)C1=CN2CCS(=O)(=O)N=C2C=C1)c1ccccc1. The second-order valence-electron chi connectivity index (χ2n) is 6.55. The van der Waals surface area contributed by atoms with Gasteiger partial charge in [0.05, 0.1) is 11.3 Å². The number of sulfonamides is 1. The highest BCUT2D eigenvalue weighted by Crippen LogP contribution is 2.24. The van der Waals surface area contributed by atoms with Crippen molar-refractivity contribution < 1.29 is 22.7 Å². The third-order valence-corrected chi connectivity index (χ3v) is 5.85. The minimum Gasteiger partial charge on any atom is -0.444 e. The molecule has 0 radical (unpaired) electrons. The van der Waals surface area contributed by atoms with E-state index in [-0.39, 0.29) is 29.6 Å². The minimum atomic E-state index is -3.47. The van der Waals surface area contributed by atoms with Gasteiger partial charge in [-0.2, -0.15) is 0 Å². The number of hydrogen-bond donors (Lipinski definition) is 0. The van der Waals surface area contributed by atoms with Crippen LogP contribution in [0.1, 0.15) is 25.5 Å². The summed E-state index contributed by atoms with van der Waals surface area (Å²) >= 11 is 0. The Balaban J connectivity index is 1.83. The van der Waals surface area contributed by atoms with Crippen LogP contribution in [0.15, 0.2) is 58.7 Å². The molecule has 8 nitrogen and oxygen atoms in total. The molecule has 9 heteroatoms. The molecule has 2 heterocycles. The molecule has 0 bridgehead atoms. The van der Waals surface area contributed by atoms with Gasteiger partial charge < -0.3 is 14.5 Å². The number of rotatable bonds is 6. The maximum absolute atomic E-state index is 12.9. The lowest BCUT2D eigenvalue weighted by Crippen LogP contribution is -2.38. The molecule has 0 spiro atoms. The minimum absolute atomic E-state index is 0.129. The summed E-state index contributed by atoms with van der Waals surface area (Å²) in [5.74, 6) is -0.827. The van der Waals surface area contributed by atoms with Crippen molar-refractivity contribution in [3.05, 3.63) is 59.8 Å². The van der Waals surface area contributed by atoms with E-state index in [9.17, 15) is 18.0 Å². The van der Waals surface area contributed by atoms with Crippen LogP contribution in [0.2, 0.25) is 0 Å². The van der Waals surface area contributed by atoms with Crippen molar-refractivity contribution in [1.82, 2.24) is 9.80 Å². The lowest BCUT2D eigenvalue weighted by molar-refractivity contribution is -0.157. The molecular formula is C20H23N3O5S. The third kappa shape index (κ3) is 4.73. The van der Waals surface area contributed by atoms with Crippen molar-refractivity contribution in [1.29, 1.82) is 0 Å². The number of ether oxygens (including phenoxy) is 1. The maximum Gasteiger partial charge on any atom is 0.340 e. The molecule has 0 fully saturated rings. The van der Waals surface area contributed by atoms with Crippen molar-refractivity contribution >= 4 is 27.7 Å². The Kier molecular flexibility index (Phi) is 6.17. The van der Waals surface area contributed by atoms with Crippen molar-refractivity contribution in [3.8, 4) is 0 Å². The Morgan fingerprint density at radius 2 is 1.86 bits per heavy atom. The summed E-state index contributed by atoms with van der Waals surface area (Å²) in [6, 6.07) is 8.86. The van der Waals surface area contributed by atoms with Gasteiger partial charge in [-0.05, 0) is 26.0 Å². The Morgan fingerprint density at radius 1 is 1.17 bits per heavy atom. The number of fused-ring (bicyclic) bond motifs is 1. The summed E-state index contributed by atoms with van der Waals surface area (Å²) in [7, 11) is -3.47. The highest BCUT2D eigenvalue weighted by atomic mass is 32.2. The average Bonchev–Trinajstić information content (AvgIpc) is 2.72. The van der Waals surface area contributed by atoms with Gasteiger partial charge in [-0.15, -0.1) is 4.40 Å². The van der Waals surface area contributed by atoms with Gasteiger partial charge in [-0.1, -0.05) is 30.3 Å². The van der Waals surface area contributed by atoms with Crippen LogP contribution in [0, 0.1) is 0 Å². The number of hydrogen-bond acceptors (Lipinski definition) is 6. The molecule has 1 aromatic rings. The van der Waals surface area contributed by atoms with E-state index in [4.69, 9.17) is 4.74 Å². The first kappa shape index (κ1) is 20.8. The lowest BCUT2D eigenvalue weighted by Gasteiger charge is -2.28. The van der Waals surface area contributed by atoms with Gasteiger partial charge in [0.25, 0.3) is 15.9 Å². The Hall–Kier alpha value is -2.94. The number of carbonyl (C=O) groups is 2. The number of benzene rings is 1. The van der Waals surface area contributed by atoms with E-state index in [1.54, 1.807) is 34.1 Å². The fraction of sp³-hybridized carbons (Fsp3) is 0.350. The zero-order valence-electron chi connectivity index (χ0n) is 16.3. The zero-order chi connectivity index (χ0) is 21.0. The van der Waals surface area contributed by atoms with Crippen LogP contribution in [-0.2, 0) is 24.3 Å². The molecule has 0 saturated carbocycles. The molecule has 0 aliphatic carbocycles. The van der Waals surface area contributed by atoms with Crippen molar-refractivity contribution in [3.63, 3.8) is 0 Å². The van der Waals surface area contributed by atoms with E-state index in [1.165, 1.54) is 18.4 Å².